The van der Waals surface area contributed by atoms with Gasteiger partial charge in [-0.25, -0.2) is 4.90 Å². The minimum atomic E-state index is -0.443. The Balaban J connectivity index is 1.37. The molecule has 1 fully saturated rings. The van der Waals surface area contributed by atoms with Crippen LogP contribution in [-0.4, -0.2) is 42.9 Å². The number of nitrogens with zero attached hydrogens (tertiary/aromatic N) is 2. The first kappa shape index (κ1) is 23.3. The van der Waals surface area contributed by atoms with Crippen molar-refractivity contribution in [3.63, 3.8) is 0 Å². The van der Waals surface area contributed by atoms with Gasteiger partial charge in [-0.05, 0) is 31.0 Å². The number of nitrogens with one attached hydrogen (secondary N) is 1. The first-order valence-corrected chi connectivity index (χ1v) is 12.4. The third-order valence-electron chi connectivity index (χ3n) is 7.01. The van der Waals surface area contributed by atoms with Crippen LogP contribution in [0.25, 0.3) is 0 Å². The van der Waals surface area contributed by atoms with Crippen LogP contribution in [0.1, 0.15) is 28.3 Å². The number of amides is 2. The first-order chi connectivity index (χ1) is 17.0. The lowest BCUT2D eigenvalue weighted by atomic mass is 9.96. The second-order valence-corrected chi connectivity index (χ2v) is 9.68. The molecular formula is C29H29ClN3O2+. The van der Waals surface area contributed by atoms with Crippen LogP contribution in [0.15, 0.2) is 89.6 Å². The summed E-state index contributed by atoms with van der Waals surface area (Å²) in [5, 5.41) is 0.0158. The fraction of sp³-hybridized carbons (Fsp3) is 0.241. The van der Waals surface area contributed by atoms with Gasteiger partial charge in [0, 0.05) is 11.1 Å². The highest BCUT2D eigenvalue weighted by atomic mass is 35.5. The molecule has 0 aromatic heterocycles. The average molecular weight is 487 g/mol. The highest BCUT2D eigenvalue weighted by Crippen LogP contribution is 2.33. The second kappa shape index (κ2) is 9.68. The molecule has 0 unspecified atom stereocenters. The lowest BCUT2D eigenvalue weighted by molar-refractivity contribution is -0.929. The topological polar surface area (TPSA) is 45.1 Å². The lowest BCUT2D eigenvalue weighted by Gasteiger charge is -2.38. The van der Waals surface area contributed by atoms with E-state index in [1.807, 2.05) is 49.1 Å². The number of quaternary nitrogens is 1. The van der Waals surface area contributed by atoms with Crippen molar-refractivity contribution in [1.82, 2.24) is 4.90 Å². The summed E-state index contributed by atoms with van der Waals surface area (Å²) in [6.45, 7) is 6.80. The quantitative estimate of drug-likeness (QED) is 0.560. The number of carbonyl (C=O) groups excluding carboxylic acids is 2. The van der Waals surface area contributed by atoms with E-state index in [1.54, 1.807) is 0 Å². The van der Waals surface area contributed by atoms with Crippen LogP contribution < -0.4 is 9.80 Å². The van der Waals surface area contributed by atoms with Gasteiger partial charge >= 0.3 is 0 Å². The Hall–Kier alpha value is -3.41. The third kappa shape index (κ3) is 4.38. The third-order valence-corrected chi connectivity index (χ3v) is 7.35. The van der Waals surface area contributed by atoms with Gasteiger partial charge in [0.05, 0.1) is 31.9 Å². The number of anilines is 1. The molecule has 2 aliphatic rings. The van der Waals surface area contributed by atoms with Crippen LogP contribution in [0.4, 0.5) is 5.69 Å². The zero-order valence-electron chi connectivity index (χ0n) is 20.0. The Labute approximate surface area is 211 Å². The van der Waals surface area contributed by atoms with E-state index in [1.165, 1.54) is 20.9 Å². The van der Waals surface area contributed by atoms with Crippen LogP contribution in [-0.2, 0) is 9.59 Å². The van der Waals surface area contributed by atoms with Crippen LogP contribution in [0.2, 0.25) is 0 Å². The van der Waals surface area contributed by atoms with Crippen molar-refractivity contribution in [3.05, 3.63) is 112 Å². The summed E-state index contributed by atoms with van der Waals surface area (Å²) in [6, 6.07) is 27.1. The fourth-order valence-corrected chi connectivity index (χ4v) is 5.49. The minimum absolute atomic E-state index is 0.0158. The Morgan fingerprint density at radius 1 is 0.800 bits per heavy atom. The van der Waals surface area contributed by atoms with Crippen LogP contribution in [0.3, 0.4) is 0 Å². The molecule has 1 saturated heterocycles. The van der Waals surface area contributed by atoms with E-state index in [2.05, 4.69) is 48.5 Å². The maximum Gasteiger partial charge on any atom is 0.283 e. The van der Waals surface area contributed by atoms with Gasteiger partial charge in [0.1, 0.15) is 16.8 Å². The molecule has 5 nitrogen and oxygen atoms in total. The Morgan fingerprint density at radius 3 is 1.94 bits per heavy atom. The van der Waals surface area contributed by atoms with Crippen LogP contribution in [0, 0.1) is 13.8 Å². The summed E-state index contributed by atoms with van der Waals surface area (Å²) in [7, 11) is 0. The Morgan fingerprint density at radius 2 is 1.37 bits per heavy atom. The van der Waals surface area contributed by atoms with E-state index in [4.69, 9.17) is 11.6 Å². The summed E-state index contributed by atoms with van der Waals surface area (Å²) in [6.07, 6.45) is 0. The van der Waals surface area contributed by atoms with E-state index < -0.39 is 5.91 Å². The molecule has 0 spiro atoms. The summed E-state index contributed by atoms with van der Waals surface area (Å²) in [4.78, 5) is 31.2. The first-order valence-electron chi connectivity index (χ1n) is 12.0. The van der Waals surface area contributed by atoms with Gasteiger partial charge in [-0.1, -0.05) is 84.4 Å². The van der Waals surface area contributed by atoms with Crippen molar-refractivity contribution in [2.75, 3.05) is 31.1 Å². The molecule has 35 heavy (non-hydrogen) atoms. The van der Waals surface area contributed by atoms with Gasteiger partial charge in [-0.3, -0.25) is 9.59 Å². The second-order valence-electron chi connectivity index (χ2n) is 9.30. The molecule has 0 saturated carbocycles. The molecule has 0 bridgehead atoms. The maximum absolute atomic E-state index is 13.5. The molecular weight excluding hydrogens is 458 g/mol. The summed E-state index contributed by atoms with van der Waals surface area (Å²) in [5.74, 6) is -0.776. The van der Waals surface area contributed by atoms with Crippen molar-refractivity contribution in [2.24, 2.45) is 0 Å². The van der Waals surface area contributed by atoms with E-state index in [9.17, 15) is 9.59 Å². The number of carbonyl (C=O) groups is 2. The minimum Gasteiger partial charge on any atom is -0.354 e. The average Bonchev–Trinajstić information content (AvgIpc) is 3.10. The summed E-state index contributed by atoms with van der Waals surface area (Å²) < 4.78 is 0. The van der Waals surface area contributed by atoms with Crippen molar-refractivity contribution < 1.29 is 14.5 Å². The lowest BCUT2D eigenvalue weighted by Crippen LogP contribution is -3.15. The summed E-state index contributed by atoms with van der Waals surface area (Å²) >= 11 is 6.50. The highest BCUT2D eigenvalue weighted by molar-refractivity contribution is 6.52. The number of benzene rings is 3. The van der Waals surface area contributed by atoms with E-state index in [0.29, 0.717) is 24.5 Å². The molecule has 0 radical (unpaired) electrons. The van der Waals surface area contributed by atoms with Crippen molar-refractivity contribution >= 4 is 29.1 Å². The number of aryl methyl sites for hydroxylation is 2. The van der Waals surface area contributed by atoms with Gasteiger partial charge in [0.2, 0.25) is 0 Å². The molecule has 0 atom stereocenters. The molecule has 5 rings (SSSR count). The van der Waals surface area contributed by atoms with Gasteiger partial charge in [-0.2, -0.15) is 0 Å². The molecule has 2 heterocycles. The zero-order chi connectivity index (χ0) is 24.5. The Kier molecular flexibility index (Phi) is 6.46. The van der Waals surface area contributed by atoms with Crippen molar-refractivity contribution in [3.8, 4) is 0 Å². The van der Waals surface area contributed by atoms with Gasteiger partial charge in [0.15, 0.2) is 0 Å². The molecule has 3 aromatic carbocycles. The summed E-state index contributed by atoms with van der Waals surface area (Å²) in [5.41, 5.74) is 5.32. The van der Waals surface area contributed by atoms with Gasteiger partial charge in [0.25, 0.3) is 11.8 Å². The molecule has 2 amide bonds. The molecule has 1 N–H and O–H groups in total. The van der Waals surface area contributed by atoms with E-state index in [0.717, 1.165) is 24.2 Å². The van der Waals surface area contributed by atoms with Crippen LogP contribution >= 0.6 is 11.6 Å². The molecule has 2 aliphatic heterocycles. The Bertz CT molecular complexity index is 1240. The van der Waals surface area contributed by atoms with E-state index >= 15 is 0 Å². The smallest absolute Gasteiger partial charge is 0.283 e. The van der Waals surface area contributed by atoms with Gasteiger partial charge in [-0.15, -0.1) is 0 Å². The van der Waals surface area contributed by atoms with E-state index in [-0.39, 0.29) is 17.0 Å². The zero-order valence-corrected chi connectivity index (χ0v) is 20.8. The highest BCUT2D eigenvalue weighted by Gasteiger charge is 2.43. The number of hydrogen-bond acceptors (Lipinski definition) is 3. The largest absolute Gasteiger partial charge is 0.354 e. The maximum atomic E-state index is 13.5. The molecule has 3 aromatic rings. The van der Waals surface area contributed by atoms with Crippen LogP contribution in [0.5, 0.6) is 0 Å². The van der Waals surface area contributed by atoms with Crippen molar-refractivity contribution in [1.29, 1.82) is 0 Å². The normalized spacial score (nSPS) is 17.1. The standard InChI is InChI=1S/C29H28ClN3O2/c1-20-13-14-21(2)24(19-20)33-28(34)25(30)27(29(33)35)32-17-15-31(16-18-32)26(22-9-5-3-6-10-22)23-11-7-4-8-12-23/h3-14,19,26H,15-18H2,1-2H3/p+1. The monoisotopic (exact) mass is 486 g/mol. The molecule has 178 valence electrons. The molecule has 0 aliphatic carbocycles. The number of halogens is 1. The van der Waals surface area contributed by atoms with Crippen molar-refractivity contribution in [2.45, 2.75) is 19.9 Å². The predicted molar refractivity (Wildman–Crippen MR) is 138 cm³/mol. The fourth-order valence-electron chi connectivity index (χ4n) is 5.21. The predicted octanol–water partition coefficient (Wildman–Crippen LogP) is 3.62. The number of piperazine rings is 1. The number of imide groups is 1. The number of rotatable bonds is 5. The number of hydrogen-bond donors (Lipinski definition) is 1. The molecule has 6 heteroatoms. The SMILES string of the molecule is Cc1ccc(C)c(N2C(=O)C(Cl)=C(N3CC[NH+](C(c4ccccc4)c4ccccc4)CC3)C2=O)c1. The van der Waals surface area contributed by atoms with Gasteiger partial charge < -0.3 is 9.80 Å².